The molecule has 0 spiro atoms. The quantitative estimate of drug-likeness (QED) is 0.457. The van der Waals surface area contributed by atoms with E-state index in [1.165, 1.54) is 25.5 Å². The van der Waals surface area contributed by atoms with Crippen LogP contribution in [0.5, 0.6) is 5.75 Å². The van der Waals surface area contributed by atoms with Crippen LogP contribution in [-0.2, 0) is 4.79 Å². The van der Waals surface area contributed by atoms with Gasteiger partial charge in [-0.05, 0) is 30.7 Å². The maximum atomic E-state index is 11.8. The molecule has 0 heterocycles. The van der Waals surface area contributed by atoms with Gasteiger partial charge in [0, 0.05) is 17.3 Å². The molecule has 0 aromatic heterocycles. The van der Waals surface area contributed by atoms with Crippen LogP contribution in [-0.4, -0.2) is 30.7 Å². The molecule has 0 bridgehead atoms. The Hall–Kier alpha value is -3.42. The maximum Gasteiger partial charge on any atom is 0.311 e. The normalized spacial score (nSPS) is 10.5. The lowest BCUT2D eigenvalue weighted by Crippen LogP contribution is -2.26. The summed E-state index contributed by atoms with van der Waals surface area (Å²) in [6.45, 7) is 2.00. The Morgan fingerprint density at radius 3 is 2.76 bits per heavy atom. The Morgan fingerprint density at radius 2 is 2.08 bits per heavy atom. The fourth-order valence-corrected chi connectivity index (χ4v) is 2.10. The van der Waals surface area contributed by atoms with Crippen molar-refractivity contribution in [2.75, 3.05) is 19.0 Å². The molecule has 0 radical (unpaired) electrons. The molecule has 0 fully saturated rings. The molecule has 0 saturated heterocycles. The first-order chi connectivity index (χ1) is 12.0. The van der Waals surface area contributed by atoms with E-state index in [0.29, 0.717) is 5.56 Å². The van der Waals surface area contributed by atoms with Crippen LogP contribution in [0.1, 0.15) is 11.1 Å². The second-order valence-corrected chi connectivity index (χ2v) is 5.15. The van der Waals surface area contributed by atoms with Gasteiger partial charge in [-0.15, -0.1) is 0 Å². The number of nitrogens with zero attached hydrogens (tertiary/aromatic N) is 2. The molecule has 2 rings (SSSR count). The molecule has 0 aliphatic carbocycles. The summed E-state index contributed by atoms with van der Waals surface area (Å²) in [4.78, 5) is 22.2. The van der Waals surface area contributed by atoms with E-state index in [-0.39, 0.29) is 23.9 Å². The van der Waals surface area contributed by atoms with Gasteiger partial charge in [0.2, 0.25) is 0 Å². The molecule has 2 aromatic rings. The van der Waals surface area contributed by atoms with Crippen LogP contribution < -0.4 is 15.5 Å². The molecule has 8 nitrogen and oxygen atoms in total. The first kappa shape index (κ1) is 17.9. The number of rotatable bonds is 7. The summed E-state index contributed by atoms with van der Waals surface area (Å²) in [7, 11) is 1.36. The average Bonchev–Trinajstić information content (AvgIpc) is 2.61. The predicted molar refractivity (Wildman–Crippen MR) is 95.1 cm³/mol. The van der Waals surface area contributed by atoms with Gasteiger partial charge in [-0.2, -0.15) is 5.10 Å². The molecule has 1 amide bonds. The third-order valence-corrected chi connectivity index (χ3v) is 3.39. The monoisotopic (exact) mass is 342 g/mol. The third-order valence-electron chi connectivity index (χ3n) is 3.39. The minimum Gasteiger partial charge on any atom is -0.490 e. The van der Waals surface area contributed by atoms with Crippen LogP contribution in [0, 0.1) is 17.0 Å². The number of nitro benzene ring substituents is 1. The molecule has 2 N–H and O–H groups in total. The van der Waals surface area contributed by atoms with Crippen molar-refractivity contribution in [2.45, 2.75) is 6.92 Å². The van der Waals surface area contributed by atoms with E-state index in [2.05, 4.69) is 15.8 Å². The van der Waals surface area contributed by atoms with Gasteiger partial charge in [0.15, 0.2) is 5.75 Å². The molecule has 2 aromatic carbocycles. The van der Waals surface area contributed by atoms with Gasteiger partial charge in [-0.3, -0.25) is 14.9 Å². The number of nitrogens with one attached hydrogen (secondary N) is 2. The molecule has 0 saturated carbocycles. The summed E-state index contributed by atoms with van der Waals surface area (Å²) in [6.07, 6.45) is 1.33. The van der Waals surface area contributed by atoms with Crippen molar-refractivity contribution in [3.63, 3.8) is 0 Å². The number of benzene rings is 2. The molecule has 0 atom stereocenters. The van der Waals surface area contributed by atoms with Gasteiger partial charge in [0.1, 0.15) is 0 Å². The lowest BCUT2D eigenvalue weighted by atomic mass is 10.2. The number of hydrogen-bond acceptors (Lipinski definition) is 6. The summed E-state index contributed by atoms with van der Waals surface area (Å²) >= 11 is 0. The number of para-hydroxylation sites is 1. The van der Waals surface area contributed by atoms with Gasteiger partial charge in [-0.1, -0.05) is 18.2 Å². The van der Waals surface area contributed by atoms with Crippen LogP contribution in [0.15, 0.2) is 47.6 Å². The van der Waals surface area contributed by atoms with Crippen molar-refractivity contribution >= 4 is 23.5 Å². The lowest BCUT2D eigenvalue weighted by molar-refractivity contribution is -0.385. The van der Waals surface area contributed by atoms with E-state index in [1.807, 2.05) is 31.2 Å². The number of anilines is 1. The Morgan fingerprint density at radius 1 is 1.32 bits per heavy atom. The Bertz CT molecular complexity index is 805. The summed E-state index contributed by atoms with van der Waals surface area (Å²) < 4.78 is 4.92. The smallest absolute Gasteiger partial charge is 0.311 e. The zero-order valence-corrected chi connectivity index (χ0v) is 13.9. The van der Waals surface area contributed by atoms with E-state index in [4.69, 9.17) is 4.74 Å². The minimum absolute atomic E-state index is 0.0605. The molecule has 8 heteroatoms. The average molecular weight is 342 g/mol. The fourth-order valence-electron chi connectivity index (χ4n) is 2.10. The van der Waals surface area contributed by atoms with E-state index in [1.54, 1.807) is 6.07 Å². The molecular weight excluding hydrogens is 324 g/mol. The lowest BCUT2D eigenvalue weighted by Gasteiger charge is -2.07. The van der Waals surface area contributed by atoms with Crippen LogP contribution in [0.2, 0.25) is 0 Å². The minimum atomic E-state index is -0.541. The molecule has 25 heavy (non-hydrogen) atoms. The highest BCUT2D eigenvalue weighted by Crippen LogP contribution is 2.26. The summed E-state index contributed by atoms with van der Waals surface area (Å²) in [5.74, 6) is -0.170. The molecule has 0 aliphatic heterocycles. The number of carbonyl (C=O) groups is 1. The van der Waals surface area contributed by atoms with Crippen LogP contribution in [0.3, 0.4) is 0 Å². The zero-order chi connectivity index (χ0) is 18.2. The third kappa shape index (κ3) is 5.03. The SMILES string of the molecule is COc1ccc(/C=N/NC(=O)CNc2ccccc2C)cc1[N+](=O)[O-]. The number of methoxy groups -OCH3 is 1. The second-order valence-electron chi connectivity index (χ2n) is 5.15. The number of carbonyl (C=O) groups excluding carboxylic acids is 1. The van der Waals surface area contributed by atoms with Crippen LogP contribution in [0.25, 0.3) is 0 Å². The van der Waals surface area contributed by atoms with Gasteiger partial charge in [-0.25, -0.2) is 5.43 Å². The maximum absolute atomic E-state index is 11.8. The van der Waals surface area contributed by atoms with Crippen molar-refractivity contribution in [3.8, 4) is 5.75 Å². The highest BCUT2D eigenvalue weighted by atomic mass is 16.6. The van der Waals surface area contributed by atoms with Gasteiger partial charge >= 0.3 is 5.69 Å². The topological polar surface area (TPSA) is 106 Å². The number of hydrazone groups is 1. The van der Waals surface area contributed by atoms with Crippen molar-refractivity contribution in [1.29, 1.82) is 0 Å². The first-order valence-corrected chi connectivity index (χ1v) is 7.45. The summed E-state index contributed by atoms with van der Waals surface area (Å²) in [5.41, 5.74) is 4.57. The van der Waals surface area contributed by atoms with Crippen LogP contribution in [0.4, 0.5) is 11.4 Å². The number of aryl methyl sites for hydroxylation is 1. The van der Waals surface area contributed by atoms with Crippen molar-refractivity contribution in [2.24, 2.45) is 5.10 Å². The van der Waals surface area contributed by atoms with Gasteiger partial charge in [0.05, 0.1) is 24.8 Å². The number of hydrogen-bond donors (Lipinski definition) is 2. The summed E-state index contributed by atoms with van der Waals surface area (Å²) in [5, 5.41) is 17.8. The molecule has 0 unspecified atom stereocenters. The van der Waals surface area contributed by atoms with E-state index >= 15 is 0 Å². The van der Waals surface area contributed by atoms with Gasteiger partial charge in [0.25, 0.3) is 5.91 Å². The van der Waals surface area contributed by atoms with E-state index in [0.717, 1.165) is 11.3 Å². The second kappa shape index (κ2) is 8.44. The van der Waals surface area contributed by atoms with Crippen molar-refractivity contribution < 1.29 is 14.5 Å². The van der Waals surface area contributed by atoms with Crippen LogP contribution >= 0.6 is 0 Å². The number of amides is 1. The standard InChI is InChI=1S/C17H18N4O4/c1-12-5-3-4-6-14(12)18-11-17(22)20-19-10-13-7-8-16(25-2)15(9-13)21(23)24/h3-10,18H,11H2,1-2H3,(H,20,22)/b19-10+. The molecular formula is C17H18N4O4. The van der Waals surface area contributed by atoms with Crippen molar-refractivity contribution in [3.05, 3.63) is 63.7 Å². The van der Waals surface area contributed by atoms with E-state index in [9.17, 15) is 14.9 Å². The zero-order valence-electron chi connectivity index (χ0n) is 13.9. The van der Waals surface area contributed by atoms with Crippen molar-refractivity contribution in [1.82, 2.24) is 5.43 Å². The highest BCUT2D eigenvalue weighted by molar-refractivity contribution is 5.85. The van der Waals surface area contributed by atoms with Gasteiger partial charge < -0.3 is 10.1 Å². The molecule has 0 aliphatic rings. The predicted octanol–water partition coefficient (Wildman–Crippen LogP) is 2.47. The Kier molecular flexibility index (Phi) is 6.05. The highest BCUT2D eigenvalue weighted by Gasteiger charge is 2.14. The number of nitro groups is 1. The largest absolute Gasteiger partial charge is 0.490 e. The summed E-state index contributed by atoms with van der Waals surface area (Å²) in [6, 6.07) is 12.0. The fraction of sp³-hybridized carbons (Fsp3) is 0.176. The number of ether oxygens (including phenoxy) is 1. The molecule has 130 valence electrons. The Labute approximate surface area is 144 Å². The van der Waals surface area contributed by atoms with E-state index < -0.39 is 4.92 Å². The Balaban J connectivity index is 1.92. The first-order valence-electron chi connectivity index (χ1n) is 7.45.